The fourth-order valence-electron chi connectivity index (χ4n) is 2.62. The van der Waals surface area contributed by atoms with E-state index >= 15 is 0 Å². The van der Waals surface area contributed by atoms with E-state index in [2.05, 4.69) is 43.3 Å². The van der Waals surface area contributed by atoms with Crippen LogP contribution in [0.1, 0.15) is 6.42 Å². The Balaban J connectivity index is 0.00000280. The number of nitrogens with zero attached hydrogens (tertiary/aromatic N) is 2. The molecule has 0 aliphatic rings. The molecule has 5 nitrogen and oxygen atoms in total. The Bertz CT molecular complexity index is 956. The van der Waals surface area contributed by atoms with Gasteiger partial charge in [-0.3, -0.25) is 4.79 Å². The Hall–Kier alpha value is -0.778. The molecule has 2 N–H and O–H groups in total. The first-order chi connectivity index (χ1) is 13.2. The van der Waals surface area contributed by atoms with Gasteiger partial charge in [0.1, 0.15) is 6.61 Å². The van der Waals surface area contributed by atoms with Crippen LogP contribution in [0.25, 0.3) is 11.3 Å². The molecule has 8 heteroatoms. The molecule has 28 heavy (non-hydrogen) atoms. The zero-order valence-electron chi connectivity index (χ0n) is 15.2. The van der Waals surface area contributed by atoms with E-state index in [4.69, 9.17) is 10.1 Å². The zero-order chi connectivity index (χ0) is 19.1. The Labute approximate surface area is 212 Å². The van der Waals surface area contributed by atoms with Crippen molar-refractivity contribution in [3.8, 4) is 11.3 Å². The minimum atomic E-state index is -0.482. The Kier molecular flexibility index (Phi) is 10.1. The molecular formula is C20H20AcBrN3O2S. The van der Waals surface area contributed by atoms with Crippen LogP contribution in [0, 0.1) is 44.1 Å². The number of aliphatic hydroxyl groups excluding tert-OH is 1. The summed E-state index contributed by atoms with van der Waals surface area (Å²) in [6.45, 7) is 0.739. The summed E-state index contributed by atoms with van der Waals surface area (Å²) in [7, 11) is 0. The molecule has 0 atom stereocenters. The third kappa shape index (κ3) is 6.64. The van der Waals surface area contributed by atoms with Crippen molar-refractivity contribution >= 4 is 38.9 Å². The van der Waals surface area contributed by atoms with Gasteiger partial charge in [-0.15, -0.1) is 11.3 Å². The van der Waals surface area contributed by atoms with Crippen molar-refractivity contribution in [2.75, 3.05) is 13.2 Å². The van der Waals surface area contributed by atoms with E-state index in [9.17, 15) is 4.79 Å². The summed E-state index contributed by atoms with van der Waals surface area (Å²) in [5, 5.41) is 13.6. The second-order valence-corrected chi connectivity index (χ2v) is 7.62. The summed E-state index contributed by atoms with van der Waals surface area (Å²) in [6, 6.07) is 18.0. The summed E-state index contributed by atoms with van der Waals surface area (Å²) in [6.07, 6.45) is 0.744. The predicted molar refractivity (Wildman–Crippen MR) is 112 cm³/mol. The normalized spacial score (nSPS) is 11.1. The third-order valence-electron chi connectivity index (χ3n) is 3.94. The number of thiazole rings is 1. The molecule has 1 amide bonds. The van der Waals surface area contributed by atoms with Crippen molar-refractivity contribution in [2.24, 2.45) is 4.99 Å². The summed E-state index contributed by atoms with van der Waals surface area (Å²) in [4.78, 5) is 16.9. The number of hydrogen-bond acceptors (Lipinski definition) is 4. The molecule has 0 fully saturated rings. The largest absolute Gasteiger partial charge is 0.387 e. The number of halogens is 1. The fourth-order valence-corrected chi connectivity index (χ4v) is 3.84. The van der Waals surface area contributed by atoms with E-state index in [1.165, 1.54) is 0 Å². The standard InChI is InChI=1S/C20H20BrN3O2S.Ac/c21-16-9-7-15(8-10-16)18-14-27-20(23-17-5-2-1-3-6-17)24(18)12-4-11-22-19(26)13-25;/h1-3,5-10,14,25H,4,11-13H2,(H,22,26);. The van der Waals surface area contributed by atoms with Gasteiger partial charge in [-0.05, 0) is 36.2 Å². The molecule has 3 aromatic rings. The number of hydrogen-bond donors (Lipinski definition) is 2. The third-order valence-corrected chi connectivity index (χ3v) is 5.34. The van der Waals surface area contributed by atoms with Gasteiger partial charge in [-0.1, -0.05) is 46.3 Å². The van der Waals surface area contributed by atoms with E-state index in [1.54, 1.807) is 11.3 Å². The SMILES string of the molecule is O=C(CO)NCCCn1c(-c2ccc(Br)cc2)csc1=Nc1ccccc1.[Ac]. The minimum Gasteiger partial charge on any atom is -0.387 e. The van der Waals surface area contributed by atoms with Crippen molar-refractivity contribution in [1.29, 1.82) is 0 Å². The van der Waals surface area contributed by atoms with E-state index < -0.39 is 6.61 Å². The zero-order valence-corrected chi connectivity index (χ0v) is 22.4. The van der Waals surface area contributed by atoms with Gasteiger partial charge >= 0.3 is 0 Å². The Morgan fingerprint density at radius 2 is 1.86 bits per heavy atom. The van der Waals surface area contributed by atoms with Crippen molar-refractivity contribution in [3.63, 3.8) is 0 Å². The topological polar surface area (TPSA) is 66.6 Å². The number of para-hydroxylation sites is 1. The summed E-state index contributed by atoms with van der Waals surface area (Å²) >= 11 is 5.07. The van der Waals surface area contributed by atoms with Crippen molar-refractivity contribution in [2.45, 2.75) is 13.0 Å². The number of carbonyl (C=O) groups excluding carboxylic acids is 1. The smallest absolute Gasteiger partial charge is 0.245 e. The maximum absolute atomic E-state index is 11.2. The molecule has 1 radical (unpaired) electrons. The van der Waals surface area contributed by atoms with Crippen LogP contribution in [0.3, 0.4) is 0 Å². The van der Waals surface area contributed by atoms with Crippen LogP contribution in [0.5, 0.6) is 0 Å². The fraction of sp³-hybridized carbons (Fsp3) is 0.200. The number of aliphatic hydroxyl groups is 1. The van der Waals surface area contributed by atoms with Gasteiger partial charge in [0.2, 0.25) is 5.91 Å². The summed E-state index contributed by atoms with van der Waals surface area (Å²) in [5.41, 5.74) is 3.11. The Morgan fingerprint density at radius 3 is 2.54 bits per heavy atom. The molecular weight excluding hydrogens is 653 g/mol. The molecule has 0 spiro atoms. The first-order valence-corrected chi connectivity index (χ1v) is 10.3. The number of nitrogens with one attached hydrogen (secondary N) is 1. The van der Waals surface area contributed by atoms with Crippen LogP contribution in [-0.2, 0) is 11.3 Å². The maximum Gasteiger partial charge on any atom is 0.245 e. The van der Waals surface area contributed by atoms with Crippen molar-refractivity contribution in [3.05, 3.63) is 69.3 Å². The first-order valence-electron chi connectivity index (χ1n) is 8.59. The van der Waals surface area contributed by atoms with Gasteiger partial charge in [-0.25, -0.2) is 4.99 Å². The van der Waals surface area contributed by atoms with Crippen LogP contribution in [0.2, 0.25) is 0 Å². The van der Waals surface area contributed by atoms with Crippen LogP contribution in [0.4, 0.5) is 5.69 Å². The van der Waals surface area contributed by atoms with Crippen molar-refractivity contribution in [1.82, 2.24) is 9.88 Å². The molecule has 1 aromatic heterocycles. The molecule has 0 saturated heterocycles. The van der Waals surface area contributed by atoms with Crippen molar-refractivity contribution < 1.29 is 54.0 Å². The molecule has 0 saturated carbocycles. The van der Waals surface area contributed by atoms with Crippen LogP contribution in [-0.4, -0.2) is 28.7 Å². The molecule has 143 valence electrons. The quantitative estimate of drug-likeness (QED) is 0.376. The number of amides is 1. The molecule has 0 aliphatic carbocycles. The van der Waals surface area contributed by atoms with Gasteiger partial charge in [0.15, 0.2) is 4.80 Å². The number of aromatic nitrogens is 1. The molecule has 1 heterocycles. The first kappa shape index (κ1) is 23.5. The summed E-state index contributed by atoms with van der Waals surface area (Å²) in [5.74, 6) is -0.354. The molecule has 0 unspecified atom stereocenters. The predicted octanol–water partition coefficient (Wildman–Crippen LogP) is 3.71. The maximum atomic E-state index is 11.2. The van der Waals surface area contributed by atoms with E-state index in [0.29, 0.717) is 13.1 Å². The van der Waals surface area contributed by atoms with E-state index in [0.717, 1.165) is 32.6 Å². The average molecular weight is 673 g/mol. The number of rotatable bonds is 7. The van der Waals surface area contributed by atoms with Crippen LogP contribution < -0.4 is 10.1 Å². The van der Waals surface area contributed by atoms with Gasteiger partial charge in [0, 0.05) is 67.0 Å². The van der Waals surface area contributed by atoms with Gasteiger partial charge in [0.05, 0.1) is 11.4 Å². The molecule has 0 aliphatic heterocycles. The number of carbonyl (C=O) groups is 1. The second-order valence-electron chi connectivity index (χ2n) is 5.87. The average Bonchev–Trinajstić information content (AvgIpc) is 3.08. The number of benzene rings is 2. The van der Waals surface area contributed by atoms with Gasteiger partial charge < -0.3 is 15.0 Å². The van der Waals surface area contributed by atoms with E-state index in [1.807, 2.05) is 42.5 Å². The second kappa shape index (κ2) is 12.0. The van der Waals surface area contributed by atoms with E-state index in [-0.39, 0.29) is 50.0 Å². The molecule has 2 aromatic carbocycles. The monoisotopic (exact) mass is 672 g/mol. The van der Waals surface area contributed by atoms with Crippen LogP contribution >= 0.6 is 27.3 Å². The van der Waals surface area contributed by atoms with Gasteiger partial charge in [-0.2, -0.15) is 0 Å². The van der Waals surface area contributed by atoms with Gasteiger partial charge in [0.25, 0.3) is 0 Å². The van der Waals surface area contributed by atoms with Crippen LogP contribution in [0.15, 0.2) is 69.4 Å². The molecule has 3 rings (SSSR count). The summed E-state index contributed by atoms with van der Waals surface area (Å²) < 4.78 is 3.21. The Morgan fingerprint density at radius 1 is 1.14 bits per heavy atom. The minimum absolute atomic E-state index is 0. The molecule has 0 bridgehead atoms.